The largest absolute Gasteiger partial charge is 0.497 e. The molecule has 2 aromatic heterocycles. The zero-order valence-electron chi connectivity index (χ0n) is 16.2. The van der Waals surface area contributed by atoms with Crippen molar-refractivity contribution in [1.29, 1.82) is 0 Å². The highest BCUT2D eigenvalue weighted by Crippen LogP contribution is 2.25. The molecule has 2 heterocycles. The monoisotopic (exact) mass is 388 g/mol. The van der Waals surface area contributed by atoms with Gasteiger partial charge in [0.2, 0.25) is 5.91 Å². The van der Waals surface area contributed by atoms with Crippen molar-refractivity contribution >= 4 is 33.5 Å². The van der Waals surface area contributed by atoms with E-state index < -0.39 is 5.63 Å². The van der Waals surface area contributed by atoms with Crippen molar-refractivity contribution in [2.75, 3.05) is 12.4 Å². The van der Waals surface area contributed by atoms with E-state index in [-0.39, 0.29) is 12.3 Å². The van der Waals surface area contributed by atoms with Gasteiger partial charge in [0, 0.05) is 35.0 Å². The van der Waals surface area contributed by atoms with Gasteiger partial charge in [0.25, 0.3) is 0 Å². The van der Waals surface area contributed by atoms with Crippen LogP contribution in [0.3, 0.4) is 0 Å². The first-order valence-corrected chi connectivity index (χ1v) is 9.31. The summed E-state index contributed by atoms with van der Waals surface area (Å²) < 4.78 is 10.6. The van der Waals surface area contributed by atoms with E-state index in [0.717, 1.165) is 21.9 Å². The van der Waals surface area contributed by atoms with Crippen molar-refractivity contribution in [2.45, 2.75) is 19.8 Å². The lowest BCUT2D eigenvalue weighted by molar-refractivity contribution is -0.116. The zero-order valence-corrected chi connectivity index (χ0v) is 16.2. The molecule has 0 aliphatic heterocycles. The highest BCUT2D eigenvalue weighted by Gasteiger charge is 2.14. The van der Waals surface area contributed by atoms with Gasteiger partial charge in [-0.2, -0.15) is 0 Å². The van der Waals surface area contributed by atoms with Gasteiger partial charge in [0.15, 0.2) is 0 Å². The lowest BCUT2D eigenvalue weighted by Gasteiger charge is -2.10. The molecule has 2 aromatic carbocycles. The number of fused-ring (bicyclic) bond motifs is 2. The third-order valence-electron chi connectivity index (χ3n) is 5.00. The Kier molecular flexibility index (Phi) is 4.99. The van der Waals surface area contributed by atoms with Crippen LogP contribution in [0.15, 0.2) is 63.9 Å². The van der Waals surface area contributed by atoms with Crippen LogP contribution in [0.2, 0.25) is 0 Å². The number of pyridine rings is 1. The summed E-state index contributed by atoms with van der Waals surface area (Å²) in [4.78, 5) is 29.3. The standard InChI is InChI=1S/C23H20N2O4/c1-14-17-9-8-16(28-2)13-20(17)29-23(27)18(14)10-11-21(26)25-19-7-3-5-15-6-4-12-24-22(15)19/h3-9,12-13H,10-11H2,1-2H3,(H,25,26). The second kappa shape index (κ2) is 7.75. The number of amides is 1. The predicted octanol–water partition coefficient (Wildman–Crippen LogP) is 4.23. The zero-order chi connectivity index (χ0) is 20.4. The number of hydrogen-bond donors (Lipinski definition) is 1. The van der Waals surface area contributed by atoms with Crippen LogP contribution >= 0.6 is 0 Å². The number of hydrogen-bond acceptors (Lipinski definition) is 5. The normalized spacial score (nSPS) is 11.0. The highest BCUT2D eigenvalue weighted by atomic mass is 16.5. The van der Waals surface area contributed by atoms with Gasteiger partial charge in [0.05, 0.1) is 18.3 Å². The number of benzene rings is 2. The topological polar surface area (TPSA) is 81.4 Å². The summed E-state index contributed by atoms with van der Waals surface area (Å²) >= 11 is 0. The minimum absolute atomic E-state index is 0.163. The van der Waals surface area contributed by atoms with E-state index in [1.54, 1.807) is 19.4 Å². The molecule has 0 aliphatic carbocycles. The maximum Gasteiger partial charge on any atom is 0.339 e. The van der Waals surface area contributed by atoms with Crippen LogP contribution in [0, 0.1) is 6.92 Å². The van der Waals surface area contributed by atoms with E-state index in [1.165, 1.54) is 0 Å². The Labute approximate surface area is 167 Å². The summed E-state index contributed by atoms with van der Waals surface area (Å²) in [5.41, 5.74) is 2.76. The molecule has 0 radical (unpaired) electrons. The summed E-state index contributed by atoms with van der Waals surface area (Å²) in [5.74, 6) is 0.438. The van der Waals surface area contributed by atoms with Gasteiger partial charge in [-0.25, -0.2) is 4.79 Å². The number of carbonyl (C=O) groups is 1. The summed E-state index contributed by atoms with van der Waals surface area (Å²) in [5, 5.41) is 4.68. The smallest absolute Gasteiger partial charge is 0.339 e. The Morgan fingerprint density at radius 1 is 1.17 bits per heavy atom. The van der Waals surface area contributed by atoms with Crippen LogP contribution in [0.5, 0.6) is 5.75 Å². The number of aryl methyl sites for hydroxylation is 1. The first-order chi connectivity index (χ1) is 14.1. The van der Waals surface area contributed by atoms with Gasteiger partial charge in [0.1, 0.15) is 11.3 Å². The molecule has 0 spiro atoms. The Hall–Kier alpha value is -3.67. The van der Waals surface area contributed by atoms with Crippen LogP contribution in [0.1, 0.15) is 17.5 Å². The second-order valence-electron chi connectivity index (χ2n) is 6.78. The van der Waals surface area contributed by atoms with Crippen molar-refractivity contribution in [3.63, 3.8) is 0 Å². The van der Waals surface area contributed by atoms with E-state index in [2.05, 4.69) is 10.3 Å². The molecule has 6 nitrogen and oxygen atoms in total. The van der Waals surface area contributed by atoms with E-state index in [9.17, 15) is 9.59 Å². The average Bonchev–Trinajstić information content (AvgIpc) is 2.73. The second-order valence-corrected chi connectivity index (χ2v) is 6.78. The van der Waals surface area contributed by atoms with Crippen molar-refractivity contribution in [2.24, 2.45) is 0 Å². The lowest BCUT2D eigenvalue weighted by Crippen LogP contribution is -2.17. The summed E-state index contributed by atoms with van der Waals surface area (Å²) in [7, 11) is 1.56. The summed E-state index contributed by atoms with van der Waals surface area (Å²) in [6, 6.07) is 14.8. The third kappa shape index (κ3) is 3.69. The van der Waals surface area contributed by atoms with E-state index >= 15 is 0 Å². The summed E-state index contributed by atoms with van der Waals surface area (Å²) in [6.07, 6.45) is 2.15. The van der Waals surface area contributed by atoms with Gasteiger partial charge in [-0.3, -0.25) is 9.78 Å². The molecule has 0 saturated carbocycles. The maximum absolute atomic E-state index is 12.5. The Balaban J connectivity index is 1.55. The van der Waals surface area contributed by atoms with Gasteiger partial charge in [-0.15, -0.1) is 0 Å². The fraction of sp³-hybridized carbons (Fsp3) is 0.174. The SMILES string of the molecule is COc1ccc2c(C)c(CCC(=O)Nc3cccc4cccnc34)c(=O)oc2c1. The number of rotatable bonds is 5. The molecule has 0 bridgehead atoms. The fourth-order valence-corrected chi connectivity index (χ4v) is 3.45. The molecule has 146 valence electrons. The molecule has 0 fully saturated rings. The first-order valence-electron chi connectivity index (χ1n) is 9.31. The number of nitrogens with one attached hydrogen (secondary N) is 1. The number of ether oxygens (including phenoxy) is 1. The van der Waals surface area contributed by atoms with Crippen LogP contribution in [0.25, 0.3) is 21.9 Å². The number of anilines is 1. The van der Waals surface area contributed by atoms with Crippen LogP contribution in [-0.2, 0) is 11.2 Å². The molecule has 29 heavy (non-hydrogen) atoms. The molecule has 0 saturated heterocycles. The number of nitrogens with zero attached hydrogens (tertiary/aromatic N) is 1. The maximum atomic E-state index is 12.5. The molecule has 6 heteroatoms. The van der Waals surface area contributed by atoms with Crippen LogP contribution in [-0.4, -0.2) is 18.0 Å². The van der Waals surface area contributed by atoms with Crippen molar-refractivity contribution in [3.05, 3.63) is 76.3 Å². The Morgan fingerprint density at radius 2 is 2.00 bits per heavy atom. The van der Waals surface area contributed by atoms with Crippen molar-refractivity contribution < 1.29 is 13.9 Å². The van der Waals surface area contributed by atoms with Crippen LogP contribution in [0.4, 0.5) is 5.69 Å². The molecule has 1 N–H and O–H groups in total. The van der Waals surface area contributed by atoms with Crippen LogP contribution < -0.4 is 15.7 Å². The lowest BCUT2D eigenvalue weighted by atomic mass is 10.0. The minimum atomic E-state index is -0.428. The number of carbonyl (C=O) groups excluding carboxylic acids is 1. The molecule has 4 rings (SSSR count). The molecule has 0 unspecified atom stereocenters. The van der Waals surface area contributed by atoms with Gasteiger partial charge >= 0.3 is 5.63 Å². The minimum Gasteiger partial charge on any atom is -0.497 e. The Bertz CT molecular complexity index is 1270. The number of para-hydroxylation sites is 1. The molecule has 0 atom stereocenters. The number of aromatic nitrogens is 1. The van der Waals surface area contributed by atoms with Crippen molar-refractivity contribution in [1.82, 2.24) is 4.98 Å². The average molecular weight is 388 g/mol. The predicted molar refractivity (Wildman–Crippen MR) is 112 cm³/mol. The molecule has 1 amide bonds. The van der Waals surface area contributed by atoms with E-state index in [4.69, 9.17) is 9.15 Å². The fourth-order valence-electron chi connectivity index (χ4n) is 3.45. The van der Waals surface area contributed by atoms with Crippen molar-refractivity contribution in [3.8, 4) is 5.75 Å². The van der Waals surface area contributed by atoms with Gasteiger partial charge < -0.3 is 14.5 Å². The summed E-state index contributed by atoms with van der Waals surface area (Å²) in [6.45, 7) is 1.87. The highest BCUT2D eigenvalue weighted by molar-refractivity contribution is 6.00. The van der Waals surface area contributed by atoms with E-state index in [1.807, 2.05) is 49.4 Å². The van der Waals surface area contributed by atoms with Gasteiger partial charge in [-0.05, 0) is 43.2 Å². The Morgan fingerprint density at radius 3 is 2.83 bits per heavy atom. The molecule has 0 aliphatic rings. The molecular weight excluding hydrogens is 368 g/mol. The van der Waals surface area contributed by atoms with Gasteiger partial charge in [-0.1, -0.05) is 18.2 Å². The van der Waals surface area contributed by atoms with E-state index in [0.29, 0.717) is 29.0 Å². The number of methoxy groups -OCH3 is 1. The molecule has 4 aromatic rings. The first kappa shape index (κ1) is 18.7. The quantitative estimate of drug-likeness (QED) is 0.518. The molecular formula is C23H20N2O4. The third-order valence-corrected chi connectivity index (χ3v) is 5.00.